The van der Waals surface area contributed by atoms with Crippen LogP contribution in [-0.4, -0.2) is 30.1 Å². The Morgan fingerprint density at radius 2 is 2.05 bits per heavy atom. The Morgan fingerprint density at radius 3 is 2.60 bits per heavy atom. The van der Waals surface area contributed by atoms with Gasteiger partial charge in [-0.05, 0) is 38.0 Å². The van der Waals surface area contributed by atoms with Crippen molar-refractivity contribution in [2.45, 2.75) is 45.1 Å². The number of aliphatic hydroxyl groups is 1. The number of rotatable bonds is 5. The molecule has 110 valence electrons. The molecule has 0 amide bonds. The van der Waals surface area contributed by atoms with Gasteiger partial charge in [0.25, 0.3) is 0 Å². The summed E-state index contributed by atoms with van der Waals surface area (Å²) in [6.07, 6.45) is 6.04. The normalized spacial score (nSPS) is 16.1. The fourth-order valence-electron chi connectivity index (χ4n) is 2.96. The average molecular weight is 296 g/mol. The van der Waals surface area contributed by atoms with Gasteiger partial charge in [0.1, 0.15) is 0 Å². The van der Waals surface area contributed by atoms with E-state index >= 15 is 0 Å². The minimum atomic E-state index is 0.0184. The summed E-state index contributed by atoms with van der Waals surface area (Å²) >= 11 is 6.35. The molecule has 1 aromatic rings. The van der Waals surface area contributed by atoms with Crippen LogP contribution in [0.4, 0.5) is 5.69 Å². The summed E-state index contributed by atoms with van der Waals surface area (Å²) in [5.74, 6) is 0.0184. The summed E-state index contributed by atoms with van der Waals surface area (Å²) in [4.78, 5) is 13.6. The van der Waals surface area contributed by atoms with Crippen LogP contribution in [-0.2, 0) is 0 Å². The van der Waals surface area contributed by atoms with E-state index in [1.54, 1.807) is 6.07 Å². The lowest BCUT2D eigenvalue weighted by Gasteiger charge is -2.36. The van der Waals surface area contributed by atoms with E-state index in [1.165, 1.54) is 26.2 Å². The molecule has 1 aliphatic rings. The molecule has 0 aliphatic heterocycles. The molecule has 0 spiro atoms. The molecule has 1 fully saturated rings. The third kappa shape index (κ3) is 3.53. The van der Waals surface area contributed by atoms with E-state index in [-0.39, 0.29) is 12.4 Å². The van der Waals surface area contributed by atoms with Crippen molar-refractivity contribution in [3.8, 4) is 0 Å². The lowest BCUT2D eigenvalue weighted by Crippen LogP contribution is -2.39. The molecule has 0 saturated heterocycles. The number of halogens is 1. The summed E-state index contributed by atoms with van der Waals surface area (Å²) in [6.45, 7) is 2.24. The van der Waals surface area contributed by atoms with Crippen molar-refractivity contribution in [1.29, 1.82) is 0 Å². The number of nitrogens with zero attached hydrogens (tertiary/aromatic N) is 1. The van der Waals surface area contributed by atoms with Crippen LogP contribution in [0.2, 0.25) is 5.02 Å². The van der Waals surface area contributed by atoms with Gasteiger partial charge in [0.15, 0.2) is 5.78 Å². The van der Waals surface area contributed by atoms with E-state index in [9.17, 15) is 9.90 Å². The van der Waals surface area contributed by atoms with Crippen LogP contribution in [0.25, 0.3) is 0 Å². The van der Waals surface area contributed by atoms with Crippen LogP contribution in [0.5, 0.6) is 0 Å². The Bertz CT molecular complexity index is 470. The van der Waals surface area contributed by atoms with E-state index in [0.717, 1.165) is 18.5 Å². The number of benzene rings is 1. The quantitative estimate of drug-likeness (QED) is 0.843. The molecule has 1 N–H and O–H groups in total. The molecule has 0 bridgehead atoms. The molecular formula is C16H22ClNO2. The second kappa shape index (κ2) is 7.09. The standard InChI is InChI=1S/C16H22ClNO2/c1-12(20)13-7-8-16(15(17)11-13)18(9-10-19)14-5-3-2-4-6-14/h7-8,11,14,19H,2-6,9-10H2,1H3. The number of aliphatic hydroxyl groups excluding tert-OH is 1. The van der Waals surface area contributed by atoms with E-state index in [1.807, 2.05) is 12.1 Å². The first-order valence-corrected chi connectivity index (χ1v) is 7.69. The number of carbonyl (C=O) groups excluding carboxylic acids is 1. The van der Waals surface area contributed by atoms with Crippen LogP contribution in [0.1, 0.15) is 49.4 Å². The van der Waals surface area contributed by atoms with E-state index in [2.05, 4.69) is 4.90 Å². The van der Waals surface area contributed by atoms with Gasteiger partial charge in [-0.15, -0.1) is 0 Å². The first kappa shape index (κ1) is 15.3. The van der Waals surface area contributed by atoms with Gasteiger partial charge in [-0.25, -0.2) is 0 Å². The molecular weight excluding hydrogens is 274 g/mol. The lowest BCUT2D eigenvalue weighted by molar-refractivity contribution is 0.101. The van der Waals surface area contributed by atoms with Crippen LogP contribution in [0.15, 0.2) is 18.2 Å². The van der Waals surface area contributed by atoms with Crippen molar-refractivity contribution in [1.82, 2.24) is 0 Å². The number of hydrogen-bond donors (Lipinski definition) is 1. The second-order valence-corrected chi connectivity index (χ2v) is 5.84. The molecule has 0 atom stereocenters. The number of carbonyl (C=O) groups is 1. The Morgan fingerprint density at radius 1 is 1.35 bits per heavy atom. The highest BCUT2D eigenvalue weighted by atomic mass is 35.5. The van der Waals surface area contributed by atoms with E-state index in [0.29, 0.717) is 23.2 Å². The maximum Gasteiger partial charge on any atom is 0.159 e. The molecule has 0 radical (unpaired) electrons. The Hall–Kier alpha value is -1.06. The van der Waals surface area contributed by atoms with Crippen molar-refractivity contribution in [2.24, 2.45) is 0 Å². The Kier molecular flexibility index (Phi) is 5.44. The summed E-state index contributed by atoms with van der Waals surface area (Å²) < 4.78 is 0. The molecule has 2 rings (SSSR count). The molecule has 0 heterocycles. The van der Waals surface area contributed by atoms with Crippen molar-refractivity contribution < 1.29 is 9.90 Å². The van der Waals surface area contributed by atoms with Crippen molar-refractivity contribution >= 4 is 23.1 Å². The Balaban J connectivity index is 2.26. The first-order chi connectivity index (χ1) is 9.63. The third-order valence-corrected chi connectivity index (χ3v) is 4.32. The summed E-state index contributed by atoms with van der Waals surface area (Å²) in [7, 11) is 0. The molecule has 0 unspecified atom stereocenters. The molecule has 1 aliphatic carbocycles. The number of hydrogen-bond acceptors (Lipinski definition) is 3. The summed E-state index contributed by atoms with van der Waals surface area (Å²) in [5.41, 5.74) is 1.56. The van der Waals surface area contributed by atoms with Crippen molar-refractivity contribution in [3.63, 3.8) is 0 Å². The smallest absolute Gasteiger partial charge is 0.159 e. The van der Waals surface area contributed by atoms with Crippen LogP contribution < -0.4 is 4.90 Å². The first-order valence-electron chi connectivity index (χ1n) is 7.31. The van der Waals surface area contributed by atoms with Gasteiger partial charge >= 0.3 is 0 Å². The van der Waals surface area contributed by atoms with E-state index in [4.69, 9.17) is 11.6 Å². The summed E-state index contributed by atoms with van der Waals surface area (Å²) in [6, 6.07) is 5.89. The van der Waals surface area contributed by atoms with Crippen molar-refractivity contribution in [2.75, 3.05) is 18.1 Å². The maximum atomic E-state index is 11.4. The summed E-state index contributed by atoms with van der Waals surface area (Å²) in [5, 5.41) is 9.92. The van der Waals surface area contributed by atoms with Gasteiger partial charge in [-0.2, -0.15) is 0 Å². The second-order valence-electron chi connectivity index (χ2n) is 5.43. The van der Waals surface area contributed by atoms with Gasteiger partial charge in [0.2, 0.25) is 0 Å². The van der Waals surface area contributed by atoms with Gasteiger partial charge in [0, 0.05) is 18.2 Å². The monoisotopic (exact) mass is 295 g/mol. The minimum absolute atomic E-state index is 0.0184. The third-order valence-electron chi connectivity index (χ3n) is 4.02. The zero-order chi connectivity index (χ0) is 14.5. The van der Waals surface area contributed by atoms with E-state index < -0.39 is 0 Å². The van der Waals surface area contributed by atoms with Gasteiger partial charge in [0.05, 0.1) is 17.3 Å². The minimum Gasteiger partial charge on any atom is -0.395 e. The molecule has 0 aromatic heterocycles. The predicted octanol–water partition coefficient (Wildman–Crippen LogP) is 3.67. The van der Waals surface area contributed by atoms with Gasteiger partial charge in [-0.1, -0.05) is 30.9 Å². The number of ketones is 1. The zero-order valence-corrected chi connectivity index (χ0v) is 12.7. The molecule has 1 saturated carbocycles. The highest BCUT2D eigenvalue weighted by molar-refractivity contribution is 6.33. The largest absolute Gasteiger partial charge is 0.395 e. The van der Waals surface area contributed by atoms with Crippen LogP contribution >= 0.6 is 11.6 Å². The van der Waals surface area contributed by atoms with Crippen molar-refractivity contribution in [3.05, 3.63) is 28.8 Å². The van der Waals surface area contributed by atoms with Gasteiger partial charge in [-0.3, -0.25) is 4.79 Å². The predicted molar refractivity (Wildman–Crippen MR) is 82.8 cm³/mol. The highest BCUT2D eigenvalue weighted by Gasteiger charge is 2.23. The fraction of sp³-hybridized carbons (Fsp3) is 0.562. The Labute approximate surface area is 125 Å². The number of Topliss-reactive ketones (excluding diaryl/α,β-unsaturated/α-hetero) is 1. The highest BCUT2D eigenvalue weighted by Crippen LogP contribution is 2.32. The SMILES string of the molecule is CC(=O)c1ccc(N(CCO)C2CCCCC2)c(Cl)c1. The molecule has 20 heavy (non-hydrogen) atoms. The fourth-order valence-corrected chi connectivity index (χ4v) is 3.25. The lowest BCUT2D eigenvalue weighted by atomic mass is 9.93. The van der Waals surface area contributed by atoms with Gasteiger partial charge < -0.3 is 10.0 Å². The topological polar surface area (TPSA) is 40.5 Å². The molecule has 1 aromatic carbocycles. The molecule has 3 nitrogen and oxygen atoms in total. The average Bonchev–Trinajstić information content (AvgIpc) is 2.46. The molecule has 4 heteroatoms. The van der Waals surface area contributed by atoms with Crippen LogP contribution in [0.3, 0.4) is 0 Å². The van der Waals surface area contributed by atoms with Crippen LogP contribution in [0, 0.1) is 0 Å². The number of anilines is 1. The maximum absolute atomic E-state index is 11.4. The zero-order valence-electron chi connectivity index (χ0n) is 11.9.